The summed E-state index contributed by atoms with van der Waals surface area (Å²) >= 11 is 0. The summed E-state index contributed by atoms with van der Waals surface area (Å²) in [5.41, 5.74) is 4.94. The molecular weight excluding hydrogens is 176 g/mol. The van der Waals surface area contributed by atoms with E-state index in [1.165, 1.54) is 0 Å². The van der Waals surface area contributed by atoms with Crippen LogP contribution in [0, 0.1) is 0 Å². The number of carbonyl (C=O) groups excluding carboxylic acids is 1. The summed E-state index contributed by atoms with van der Waals surface area (Å²) in [5, 5.41) is 2.93. The van der Waals surface area contributed by atoms with Gasteiger partial charge < -0.3 is 11.1 Å². The first-order valence-corrected chi connectivity index (χ1v) is 5.56. The molecule has 0 saturated heterocycles. The van der Waals surface area contributed by atoms with E-state index in [1.807, 2.05) is 6.92 Å². The third-order valence-electron chi connectivity index (χ3n) is 1.46. The molecule has 0 spiro atoms. The second kappa shape index (κ2) is 6.14. The van der Waals surface area contributed by atoms with Gasteiger partial charge in [0.15, 0.2) is 0 Å². The summed E-state index contributed by atoms with van der Waals surface area (Å²) in [6.07, 6.45) is 2.47. The Bertz CT molecular complexity index is 155. The second-order valence-corrected chi connectivity index (χ2v) is 4.37. The first-order valence-electron chi connectivity index (χ1n) is 3.84. The molecule has 5 heteroatoms. The van der Waals surface area contributed by atoms with Crippen molar-refractivity contribution in [3.63, 3.8) is 0 Å². The van der Waals surface area contributed by atoms with E-state index in [0.717, 1.165) is 6.42 Å². The molecule has 0 heterocycles. The Labute approximate surface area is 75.4 Å². The molecule has 0 bridgehead atoms. The molecule has 0 aliphatic heterocycles. The fourth-order valence-electron chi connectivity index (χ4n) is 0.720. The lowest BCUT2D eigenvalue weighted by molar-refractivity contribution is -0.117. The number of primary amides is 1. The van der Waals surface area contributed by atoms with E-state index in [9.17, 15) is 9.00 Å². The number of hydrogen-bond acceptors (Lipinski definition) is 3. The van der Waals surface area contributed by atoms with Gasteiger partial charge in [0, 0.05) is 28.9 Å². The standard InChI is InChI=1S/C7H16N2O2S/c1-6(3-4-12(2)11)9-5-7(8)10/h6,9H,3-5H2,1-2H3,(H2,8,10). The predicted octanol–water partition coefficient (Wildman–Crippen LogP) is -0.782. The first-order chi connectivity index (χ1) is 5.52. The van der Waals surface area contributed by atoms with Gasteiger partial charge in [-0.2, -0.15) is 0 Å². The molecule has 0 aliphatic rings. The van der Waals surface area contributed by atoms with Crippen LogP contribution in [0.4, 0.5) is 0 Å². The summed E-state index contributed by atoms with van der Waals surface area (Å²) < 4.78 is 10.7. The average Bonchev–Trinajstić information content (AvgIpc) is 1.96. The van der Waals surface area contributed by atoms with Crippen LogP contribution in [0.15, 0.2) is 0 Å². The van der Waals surface area contributed by atoms with E-state index in [0.29, 0.717) is 5.75 Å². The topological polar surface area (TPSA) is 72.2 Å². The summed E-state index contributed by atoms with van der Waals surface area (Å²) in [7, 11) is -0.757. The van der Waals surface area contributed by atoms with E-state index in [2.05, 4.69) is 5.32 Å². The van der Waals surface area contributed by atoms with Gasteiger partial charge in [-0.25, -0.2) is 0 Å². The maximum Gasteiger partial charge on any atom is 0.231 e. The number of nitrogens with two attached hydrogens (primary N) is 1. The molecule has 2 atom stereocenters. The number of nitrogens with one attached hydrogen (secondary N) is 1. The molecule has 0 aromatic rings. The van der Waals surface area contributed by atoms with Gasteiger partial charge in [-0.1, -0.05) is 0 Å². The Balaban J connectivity index is 3.39. The van der Waals surface area contributed by atoms with Crippen molar-refractivity contribution in [2.24, 2.45) is 5.73 Å². The predicted molar refractivity (Wildman–Crippen MR) is 50.2 cm³/mol. The van der Waals surface area contributed by atoms with Gasteiger partial charge in [-0.05, 0) is 13.3 Å². The van der Waals surface area contributed by atoms with E-state index >= 15 is 0 Å². The maximum atomic E-state index is 10.7. The minimum absolute atomic E-state index is 0.192. The van der Waals surface area contributed by atoms with Crippen LogP contribution in [-0.2, 0) is 15.6 Å². The van der Waals surface area contributed by atoms with Crippen molar-refractivity contribution >= 4 is 16.7 Å². The monoisotopic (exact) mass is 192 g/mol. The third kappa shape index (κ3) is 7.68. The van der Waals surface area contributed by atoms with Gasteiger partial charge in [-0.3, -0.25) is 9.00 Å². The highest BCUT2D eigenvalue weighted by molar-refractivity contribution is 7.84. The Morgan fingerprint density at radius 2 is 2.25 bits per heavy atom. The van der Waals surface area contributed by atoms with Gasteiger partial charge in [0.05, 0.1) is 6.54 Å². The van der Waals surface area contributed by atoms with Gasteiger partial charge >= 0.3 is 0 Å². The van der Waals surface area contributed by atoms with Crippen molar-refractivity contribution in [1.29, 1.82) is 0 Å². The average molecular weight is 192 g/mol. The van der Waals surface area contributed by atoms with Gasteiger partial charge in [0.25, 0.3) is 0 Å². The minimum Gasteiger partial charge on any atom is -0.369 e. The summed E-state index contributed by atoms with van der Waals surface area (Å²) in [5.74, 6) is 0.298. The smallest absolute Gasteiger partial charge is 0.231 e. The van der Waals surface area contributed by atoms with Crippen LogP contribution < -0.4 is 11.1 Å². The van der Waals surface area contributed by atoms with E-state index < -0.39 is 10.8 Å². The van der Waals surface area contributed by atoms with Crippen LogP contribution in [-0.4, -0.2) is 34.7 Å². The molecule has 4 nitrogen and oxygen atoms in total. The second-order valence-electron chi connectivity index (χ2n) is 2.81. The molecule has 12 heavy (non-hydrogen) atoms. The first kappa shape index (κ1) is 11.6. The molecule has 0 rings (SSSR count). The van der Waals surface area contributed by atoms with Gasteiger partial charge in [-0.15, -0.1) is 0 Å². The highest BCUT2D eigenvalue weighted by Gasteiger charge is 2.03. The Morgan fingerprint density at radius 3 is 2.67 bits per heavy atom. The minimum atomic E-state index is -0.757. The summed E-state index contributed by atoms with van der Waals surface area (Å²) in [6, 6.07) is 0.196. The molecule has 72 valence electrons. The van der Waals surface area contributed by atoms with Crippen molar-refractivity contribution in [2.75, 3.05) is 18.6 Å². The Kier molecular flexibility index (Phi) is 5.92. The molecule has 0 fully saturated rings. The number of amides is 1. The largest absolute Gasteiger partial charge is 0.369 e. The zero-order valence-electron chi connectivity index (χ0n) is 7.50. The van der Waals surface area contributed by atoms with Crippen LogP contribution >= 0.6 is 0 Å². The zero-order valence-corrected chi connectivity index (χ0v) is 8.32. The van der Waals surface area contributed by atoms with Crippen molar-refractivity contribution < 1.29 is 9.00 Å². The fourth-order valence-corrected chi connectivity index (χ4v) is 1.41. The van der Waals surface area contributed by atoms with E-state index in [1.54, 1.807) is 6.26 Å². The molecule has 0 saturated carbocycles. The Morgan fingerprint density at radius 1 is 1.67 bits per heavy atom. The SMILES string of the molecule is CC(CCS(C)=O)NCC(N)=O. The van der Waals surface area contributed by atoms with Crippen LogP contribution in [0.1, 0.15) is 13.3 Å². The highest BCUT2D eigenvalue weighted by atomic mass is 32.2. The molecule has 0 aromatic heterocycles. The van der Waals surface area contributed by atoms with Crippen molar-refractivity contribution in [2.45, 2.75) is 19.4 Å². The number of rotatable bonds is 6. The fraction of sp³-hybridized carbons (Fsp3) is 0.857. The van der Waals surface area contributed by atoms with Crippen LogP contribution in [0.5, 0.6) is 0 Å². The molecule has 0 radical (unpaired) electrons. The lowest BCUT2D eigenvalue weighted by Crippen LogP contribution is -2.35. The van der Waals surface area contributed by atoms with Crippen LogP contribution in [0.25, 0.3) is 0 Å². The highest BCUT2D eigenvalue weighted by Crippen LogP contribution is 1.91. The molecular formula is C7H16N2O2S. The van der Waals surface area contributed by atoms with Crippen molar-refractivity contribution in [3.05, 3.63) is 0 Å². The molecule has 0 aromatic carbocycles. The molecule has 0 aliphatic carbocycles. The summed E-state index contributed by atoms with van der Waals surface area (Å²) in [6.45, 7) is 2.13. The van der Waals surface area contributed by atoms with Crippen molar-refractivity contribution in [3.8, 4) is 0 Å². The molecule has 1 amide bonds. The van der Waals surface area contributed by atoms with Gasteiger partial charge in [0.2, 0.25) is 5.91 Å². The maximum absolute atomic E-state index is 10.7. The molecule has 2 unspecified atom stereocenters. The van der Waals surface area contributed by atoms with E-state index in [-0.39, 0.29) is 18.5 Å². The number of carbonyl (C=O) groups is 1. The Hall–Kier alpha value is -0.420. The lowest BCUT2D eigenvalue weighted by atomic mass is 10.2. The quantitative estimate of drug-likeness (QED) is 0.580. The van der Waals surface area contributed by atoms with Gasteiger partial charge in [0.1, 0.15) is 0 Å². The van der Waals surface area contributed by atoms with Crippen molar-refractivity contribution in [1.82, 2.24) is 5.32 Å². The van der Waals surface area contributed by atoms with Crippen LogP contribution in [0.2, 0.25) is 0 Å². The normalized spacial score (nSPS) is 15.5. The summed E-state index contributed by atoms with van der Waals surface area (Å²) in [4.78, 5) is 10.3. The van der Waals surface area contributed by atoms with Crippen LogP contribution in [0.3, 0.4) is 0 Å². The zero-order chi connectivity index (χ0) is 9.56. The third-order valence-corrected chi connectivity index (χ3v) is 2.27. The van der Waals surface area contributed by atoms with E-state index in [4.69, 9.17) is 5.73 Å². The molecule has 3 N–H and O–H groups in total. The lowest BCUT2D eigenvalue weighted by Gasteiger charge is -2.10. The number of hydrogen-bond donors (Lipinski definition) is 2.